The van der Waals surface area contributed by atoms with Crippen LogP contribution in [0.3, 0.4) is 0 Å². The smallest absolute Gasteiger partial charge is 0.243 e. The van der Waals surface area contributed by atoms with Gasteiger partial charge in [0.15, 0.2) is 11.5 Å². The van der Waals surface area contributed by atoms with Crippen molar-refractivity contribution in [3.8, 4) is 11.5 Å². The number of nitrogens with two attached hydrogens (primary N) is 1. The van der Waals surface area contributed by atoms with E-state index in [-0.39, 0.29) is 16.9 Å². The Morgan fingerprint density at radius 1 is 1.27 bits per heavy atom. The largest absolute Gasteiger partial charge is 0.493 e. The van der Waals surface area contributed by atoms with Gasteiger partial charge in [-0.05, 0) is 30.9 Å². The Labute approximate surface area is 132 Å². The van der Waals surface area contributed by atoms with Gasteiger partial charge in [-0.1, -0.05) is 6.92 Å². The molecule has 1 aliphatic rings. The van der Waals surface area contributed by atoms with Crippen molar-refractivity contribution in [2.45, 2.75) is 30.7 Å². The zero-order chi connectivity index (χ0) is 16.3. The summed E-state index contributed by atoms with van der Waals surface area (Å²) in [5.41, 5.74) is 5.81. The number of sulfonamides is 1. The van der Waals surface area contributed by atoms with Crippen LogP contribution in [0.15, 0.2) is 23.1 Å². The Morgan fingerprint density at radius 3 is 2.55 bits per heavy atom. The third-order valence-corrected chi connectivity index (χ3v) is 6.19. The predicted molar refractivity (Wildman–Crippen MR) is 84.7 cm³/mol. The van der Waals surface area contributed by atoms with Crippen molar-refractivity contribution in [3.05, 3.63) is 18.2 Å². The molecule has 2 N–H and O–H groups in total. The Hall–Kier alpha value is -1.31. The van der Waals surface area contributed by atoms with Gasteiger partial charge >= 0.3 is 0 Å². The molecule has 0 spiro atoms. The molecule has 1 aromatic rings. The van der Waals surface area contributed by atoms with Crippen molar-refractivity contribution in [1.82, 2.24) is 4.31 Å². The monoisotopic (exact) mass is 328 g/mol. The van der Waals surface area contributed by atoms with Crippen molar-refractivity contribution < 1.29 is 17.9 Å². The van der Waals surface area contributed by atoms with Crippen LogP contribution in [0, 0.1) is 5.92 Å². The number of methoxy groups -OCH3 is 2. The number of ether oxygens (including phenoxy) is 2. The molecule has 22 heavy (non-hydrogen) atoms. The molecular formula is C15H24N2O4S. The third-order valence-electron chi connectivity index (χ3n) is 4.27. The average molecular weight is 328 g/mol. The molecule has 1 aliphatic heterocycles. The van der Waals surface area contributed by atoms with Gasteiger partial charge in [-0.3, -0.25) is 0 Å². The van der Waals surface area contributed by atoms with Gasteiger partial charge in [0, 0.05) is 25.2 Å². The lowest BCUT2D eigenvalue weighted by Gasteiger charge is -2.38. The van der Waals surface area contributed by atoms with Gasteiger partial charge in [0.2, 0.25) is 10.0 Å². The first-order valence-corrected chi connectivity index (χ1v) is 8.83. The van der Waals surface area contributed by atoms with Gasteiger partial charge in [0.25, 0.3) is 0 Å². The Bertz CT molecular complexity index is 618. The second-order valence-electron chi connectivity index (χ2n) is 5.56. The normalized spacial score (nSPS) is 23.3. The van der Waals surface area contributed by atoms with Gasteiger partial charge in [-0.25, -0.2) is 8.42 Å². The third kappa shape index (κ3) is 3.06. The molecule has 2 atom stereocenters. The number of piperidine rings is 1. The molecule has 0 unspecified atom stereocenters. The van der Waals surface area contributed by atoms with Crippen molar-refractivity contribution in [2.24, 2.45) is 11.7 Å². The van der Waals surface area contributed by atoms with Crippen LogP contribution < -0.4 is 15.2 Å². The van der Waals surface area contributed by atoms with E-state index in [1.807, 2.05) is 6.92 Å². The van der Waals surface area contributed by atoms with Crippen LogP contribution in [0.1, 0.15) is 19.8 Å². The SMILES string of the molecule is COc1ccc(S(=O)(=O)N2CCC[C@@H](C)[C@H]2CN)cc1OC. The molecule has 0 bridgehead atoms. The first kappa shape index (κ1) is 17.1. The standard InChI is InChI=1S/C15H24N2O4S/c1-11-5-4-8-17(13(11)10-16)22(18,19)12-6-7-14(20-2)15(9-12)21-3/h6-7,9,11,13H,4-5,8,10,16H2,1-3H3/t11-,13-/m1/s1. The molecular weight excluding hydrogens is 304 g/mol. The lowest BCUT2D eigenvalue weighted by molar-refractivity contribution is 0.192. The van der Waals surface area contributed by atoms with Crippen LogP contribution in [0.5, 0.6) is 11.5 Å². The Morgan fingerprint density at radius 2 is 1.95 bits per heavy atom. The average Bonchev–Trinajstić information content (AvgIpc) is 2.53. The van der Waals surface area contributed by atoms with E-state index >= 15 is 0 Å². The van der Waals surface area contributed by atoms with E-state index in [1.165, 1.54) is 24.6 Å². The lowest BCUT2D eigenvalue weighted by atomic mass is 9.93. The van der Waals surface area contributed by atoms with Gasteiger partial charge in [-0.2, -0.15) is 4.31 Å². The summed E-state index contributed by atoms with van der Waals surface area (Å²) in [5, 5.41) is 0. The van der Waals surface area contributed by atoms with Gasteiger partial charge in [0.05, 0.1) is 19.1 Å². The molecule has 1 aromatic carbocycles. The second kappa shape index (κ2) is 6.85. The van der Waals surface area contributed by atoms with Crippen molar-refractivity contribution in [1.29, 1.82) is 0 Å². The molecule has 0 aliphatic carbocycles. The molecule has 0 aromatic heterocycles. The fourth-order valence-corrected chi connectivity index (χ4v) is 4.76. The fraction of sp³-hybridized carbons (Fsp3) is 0.600. The van der Waals surface area contributed by atoms with E-state index in [2.05, 4.69) is 0 Å². The number of benzene rings is 1. The van der Waals surface area contributed by atoms with E-state index in [0.717, 1.165) is 12.8 Å². The summed E-state index contributed by atoms with van der Waals surface area (Å²) in [4.78, 5) is 0.206. The summed E-state index contributed by atoms with van der Waals surface area (Å²) in [6, 6.07) is 4.49. The van der Waals surface area contributed by atoms with E-state index < -0.39 is 10.0 Å². The van der Waals surface area contributed by atoms with E-state index in [4.69, 9.17) is 15.2 Å². The zero-order valence-corrected chi connectivity index (χ0v) is 14.1. The summed E-state index contributed by atoms with van der Waals surface area (Å²) >= 11 is 0. The maximum absolute atomic E-state index is 12.9. The maximum Gasteiger partial charge on any atom is 0.243 e. The molecule has 7 heteroatoms. The lowest BCUT2D eigenvalue weighted by Crippen LogP contribution is -2.51. The zero-order valence-electron chi connectivity index (χ0n) is 13.3. The van der Waals surface area contributed by atoms with E-state index in [0.29, 0.717) is 24.6 Å². The molecule has 6 nitrogen and oxygen atoms in total. The number of nitrogens with zero attached hydrogens (tertiary/aromatic N) is 1. The summed E-state index contributed by atoms with van der Waals surface area (Å²) < 4.78 is 37.8. The highest BCUT2D eigenvalue weighted by Gasteiger charge is 2.36. The summed E-state index contributed by atoms with van der Waals surface area (Å²) in [5.74, 6) is 1.16. The minimum Gasteiger partial charge on any atom is -0.493 e. The summed E-state index contributed by atoms with van der Waals surface area (Å²) in [6.45, 7) is 2.88. The van der Waals surface area contributed by atoms with Gasteiger partial charge in [0.1, 0.15) is 0 Å². The molecule has 1 fully saturated rings. The second-order valence-corrected chi connectivity index (χ2v) is 7.45. The van der Waals surface area contributed by atoms with Crippen LogP contribution in [0.2, 0.25) is 0 Å². The van der Waals surface area contributed by atoms with Crippen LogP contribution in [0.25, 0.3) is 0 Å². The van der Waals surface area contributed by atoms with Crippen molar-refractivity contribution >= 4 is 10.0 Å². The molecule has 0 amide bonds. The molecule has 0 saturated carbocycles. The van der Waals surface area contributed by atoms with Crippen LogP contribution in [-0.4, -0.2) is 46.1 Å². The van der Waals surface area contributed by atoms with Gasteiger partial charge < -0.3 is 15.2 Å². The molecule has 124 valence electrons. The van der Waals surface area contributed by atoms with Crippen molar-refractivity contribution in [3.63, 3.8) is 0 Å². The van der Waals surface area contributed by atoms with E-state index in [9.17, 15) is 8.42 Å². The number of rotatable bonds is 5. The quantitative estimate of drug-likeness (QED) is 0.885. The fourth-order valence-electron chi connectivity index (χ4n) is 2.97. The predicted octanol–water partition coefficient (Wildman–Crippen LogP) is 1.45. The molecule has 0 radical (unpaired) electrons. The first-order chi connectivity index (χ1) is 10.5. The first-order valence-electron chi connectivity index (χ1n) is 7.39. The summed E-state index contributed by atoms with van der Waals surface area (Å²) in [6.07, 6.45) is 1.85. The highest BCUT2D eigenvalue weighted by Crippen LogP contribution is 2.33. The van der Waals surface area contributed by atoms with Crippen molar-refractivity contribution in [2.75, 3.05) is 27.3 Å². The highest BCUT2D eigenvalue weighted by atomic mass is 32.2. The minimum absolute atomic E-state index is 0.160. The number of hydrogen-bond acceptors (Lipinski definition) is 5. The van der Waals surface area contributed by atoms with Gasteiger partial charge in [-0.15, -0.1) is 0 Å². The van der Waals surface area contributed by atoms with Crippen LogP contribution >= 0.6 is 0 Å². The Kier molecular flexibility index (Phi) is 5.31. The maximum atomic E-state index is 12.9. The molecule has 1 heterocycles. The molecule has 2 rings (SSSR count). The molecule has 1 saturated heterocycles. The Balaban J connectivity index is 2.41. The summed E-state index contributed by atoms with van der Waals surface area (Å²) in [7, 11) is -0.593. The highest BCUT2D eigenvalue weighted by molar-refractivity contribution is 7.89. The number of hydrogen-bond donors (Lipinski definition) is 1. The van der Waals surface area contributed by atoms with E-state index in [1.54, 1.807) is 12.1 Å². The van der Waals surface area contributed by atoms with Crippen LogP contribution in [-0.2, 0) is 10.0 Å². The van der Waals surface area contributed by atoms with Crippen LogP contribution in [0.4, 0.5) is 0 Å². The minimum atomic E-state index is -3.60. The topological polar surface area (TPSA) is 81.9 Å².